The number of carbonyl (C=O) groups is 2. The average molecular weight is 391 g/mol. The summed E-state index contributed by atoms with van der Waals surface area (Å²) in [4.78, 5) is 28.9. The molecule has 7 heteroatoms. The van der Waals surface area contributed by atoms with Crippen molar-refractivity contribution < 1.29 is 14.0 Å². The minimum atomic E-state index is -0.455. The minimum absolute atomic E-state index is 0.0290. The SMILES string of the molecule is CC1(N)CCCCC1C(=O)NCCC(=O)N1CCN(c2ccc(F)cc2)CC1. The van der Waals surface area contributed by atoms with E-state index in [1.54, 1.807) is 12.1 Å². The number of nitrogens with two attached hydrogens (primary N) is 1. The van der Waals surface area contributed by atoms with Gasteiger partial charge in [0.25, 0.3) is 0 Å². The van der Waals surface area contributed by atoms with E-state index in [-0.39, 0.29) is 23.5 Å². The van der Waals surface area contributed by atoms with Crippen LogP contribution in [-0.2, 0) is 9.59 Å². The fourth-order valence-corrected chi connectivity index (χ4v) is 4.23. The second-order valence-corrected chi connectivity index (χ2v) is 8.19. The molecule has 1 heterocycles. The van der Waals surface area contributed by atoms with Crippen molar-refractivity contribution in [1.29, 1.82) is 0 Å². The van der Waals surface area contributed by atoms with Crippen molar-refractivity contribution in [2.75, 3.05) is 37.6 Å². The lowest BCUT2D eigenvalue weighted by atomic mass is 9.74. The predicted molar refractivity (Wildman–Crippen MR) is 107 cm³/mol. The van der Waals surface area contributed by atoms with Crippen molar-refractivity contribution in [2.45, 2.75) is 44.6 Å². The highest BCUT2D eigenvalue weighted by Crippen LogP contribution is 2.31. The second kappa shape index (κ2) is 8.90. The molecule has 28 heavy (non-hydrogen) atoms. The number of hydrogen-bond donors (Lipinski definition) is 2. The van der Waals surface area contributed by atoms with Gasteiger partial charge in [0.2, 0.25) is 11.8 Å². The molecule has 2 unspecified atom stereocenters. The van der Waals surface area contributed by atoms with E-state index in [0.29, 0.717) is 26.1 Å². The second-order valence-electron chi connectivity index (χ2n) is 8.19. The summed E-state index contributed by atoms with van der Waals surface area (Å²) in [7, 11) is 0. The van der Waals surface area contributed by atoms with Gasteiger partial charge in [-0.1, -0.05) is 12.8 Å². The molecule has 2 atom stereocenters. The monoisotopic (exact) mass is 390 g/mol. The Morgan fingerprint density at radius 1 is 1.18 bits per heavy atom. The molecule has 6 nitrogen and oxygen atoms in total. The third-order valence-electron chi connectivity index (χ3n) is 6.03. The molecule has 2 fully saturated rings. The van der Waals surface area contributed by atoms with Gasteiger partial charge in [0.15, 0.2) is 0 Å². The van der Waals surface area contributed by atoms with Crippen LogP contribution in [0.2, 0.25) is 0 Å². The van der Waals surface area contributed by atoms with Crippen molar-refractivity contribution in [1.82, 2.24) is 10.2 Å². The van der Waals surface area contributed by atoms with Gasteiger partial charge in [0, 0.05) is 50.4 Å². The van der Waals surface area contributed by atoms with Gasteiger partial charge in [-0.05, 0) is 44.0 Å². The first kappa shape index (κ1) is 20.6. The molecule has 1 saturated heterocycles. The van der Waals surface area contributed by atoms with Gasteiger partial charge in [0.1, 0.15) is 5.82 Å². The molecule has 1 saturated carbocycles. The van der Waals surface area contributed by atoms with Gasteiger partial charge in [-0.25, -0.2) is 4.39 Å². The minimum Gasteiger partial charge on any atom is -0.368 e. The first-order valence-electron chi connectivity index (χ1n) is 10.2. The van der Waals surface area contributed by atoms with Gasteiger partial charge in [-0.15, -0.1) is 0 Å². The van der Waals surface area contributed by atoms with E-state index >= 15 is 0 Å². The molecule has 2 amide bonds. The molecule has 154 valence electrons. The summed E-state index contributed by atoms with van der Waals surface area (Å²) in [6.45, 7) is 5.00. The maximum Gasteiger partial charge on any atom is 0.224 e. The summed E-state index contributed by atoms with van der Waals surface area (Å²) in [5.74, 6) is -0.393. The Morgan fingerprint density at radius 3 is 2.50 bits per heavy atom. The molecule has 0 spiro atoms. The zero-order valence-corrected chi connectivity index (χ0v) is 16.6. The zero-order valence-electron chi connectivity index (χ0n) is 16.6. The van der Waals surface area contributed by atoms with Gasteiger partial charge >= 0.3 is 0 Å². The summed E-state index contributed by atoms with van der Waals surface area (Å²) in [6.07, 6.45) is 4.08. The number of nitrogens with zero attached hydrogens (tertiary/aromatic N) is 2. The van der Waals surface area contributed by atoms with Crippen LogP contribution >= 0.6 is 0 Å². The number of amides is 2. The molecule has 3 rings (SSSR count). The van der Waals surface area contributed by atoms with Crippen LogP contribution in [0.25, 0.3) is 0 Å². The fraction of sp³-hybridized carbons (Fsp3) is 0.619. The molecule has 1 aromatic carbocycles. The standard InChI is InChI=1S/C21H31FN4O2/c1-21(23)10-3-2-4-18(21)20(28)24-11-9-19(27)26-14-12-25(13-15-26)17-7-5-16(22)6-8-17/h5-8,18H,2-4,9-15,23H2,1H3,(H,24,28). The lowest BCUT2D eigenvalue weighted by molar-refractivity contribution is -0.131. The predicted octanol–water partition coefficient (Wildman–Crippen LogP) is 1.89. The van der Waals surface area contributed by atoms with E-state index in [2.05, 4.69) is 10.2 Å². The number of nitrogens with one attached hydrogen (secondary N) is 1. The molecule has 2 aliphatic rings. The summed E-state index contributed by atoms with van der Waals surface area (Å²) >= 11 is 0. The van der Waals surface area contributed by atoms with Crippen LogP contribution in [0.3, 0.4) is 0 Å². The molecule has 0 bridgehead atoms. The zero-order chi connectivity index (χ0) is 20.1. The number of benzene rings is 1. The molecule has 0 radical (unpaired) electrons. The number of hydrogen-bond acceptors (Lipinski definition) is 4. The highest BCUT2D eigenvalue weighted by Gasteiger charge is 2.37. The third-order valence-corrected chi connectivity index (χ3v) is 6.03. The van der Waals surface area contributed by atoms with E-state index < -0.39 is 5.54 Å². The van der Waals surface area contributed by atoms with Crippen LogP contribution < -0.4 is 16.0 Å². The van der Waals surface area contributed by atoms with Crippen molar-refractivity contribution >= 4 is 17.5 Å². The number of anilines is 1. The van der Waals surface area contributed by atoms with Crippen LogP contribution in [0, 0.1) is 11.7 Å². The Bertz CT molecular complexity index is 684. The van der Waals surface area contributed by atoms with Gasteiger partial charge in [0.05, 0.1) is 5.92 Å². The Morgan fingerprint density at radius 2 is 1.86 bits per heavy atom. The summed E-state index contributed by atoms with van der Waals surface area (Å²) in [5, 5.41) is 2.91. The van der Waals surface area contributed by atoms with Crippen LogP contribution in [0.1, 0.15) is 39.0 Å². The van der Waals surface area contributed by atoms with Gasteiger partial charge < -0.3 is 20.9 Å². The van der Waals surface area contributed by atoms with Crippen LogP contribution in [-0.4, -0.2) is 55.0 Å². The lowest BCUT2D eigenvalue weighted by Crippen LogP contribution is -2.53. The largest absolute Gasteiger partial charge is 0.368 e. The summed E-state index contributed by atoms with van der Waals surface area (Å²) in [5.41, 5.74) is 6.79. The molecule has 0 aromatic heterocycles. The van der Waals surface area contributed by atoms with E-state index in [4.69, 9.17) is 5.73 Å². The number of halogens is 1. The van der Waals surface area contributed by atoms with E-state index in [1.165, 1.54) is 12.1 Å². The highest BCUT2D eigenvalue weighted by molar-refractivity contribution is 5.81. The smallest absolute Gasteiger partial charge is 0.224 e. The highest BCUT2D eigenvalue weighted by atomic mass is 19.1. The topological polar surface area (TPSA) is 78.7 Å². The first-order chi connectivity index (χ1) is 13.4. The van der Waals surface area contributed by atoms with Crippen LogP contribution in [0.4, 0.5) is 10.1 Å². The Balaban J connectivity index is 1.40. The molecular weight excluding hydrogens is 359 g/mol. The third kappa shape index (κ3) is 5.01. The van der Waals surface area contributed by atoms with Crippen molar-refractivity contribution in [3.63, 3.8) is 0 Å². The van der Waals surface area contributed by atoms with Gasteiger partial charge in [-0.3, -0.25) is 9.59 Å². The summed E-state index contributed by atoms with van der Waals surface area (Å²) in [6, 6.07) is 6.43. The lowest BCUT2D eigenvalue weighted by Gasteiger charge is -2.37. The molecule has 3 N–H and O–H groups in total. The Labute approximate surface area is 166 Å². The first-order valence-corrected chi connectivity index (χ1v) is 10.2. The van der Waals surface area contributed by atoms with Crippen molar-refractivity contribution in [3.05, 3.63) is 30.1 Å². The molecule has 1 aliphatic carbocycles. The molecular formula is C21H31FN4O2. The number of rotatable bonds is 5. The van der Waals surface area contributed by atoms with Crippen molar-refractivity contribution in [3.8, 4) is 0 Å². The van der Waals surface area contributed by atoms with Crippen LogP contribution in [0.5, 0.6) is 0 Å². The average Bonchev–Trinajstić information content (AvgIpc) is 2.68. The Kier molecular flexibility index (Phi) is 6.54. The van der Waals surface area contributed by atoms with Crippen LogP contribution in [0.15, 0.2) is 24.3 Å². The van der Waals surface area contributed by atoms with Crippen molar-refractivity contribution in [2.24, 2.45) is 11.7 Å². The number of piperazine rings is 1. The maximum atomic E-state index is 13.0. The fourth-order valence-electron chi connectivity index (χ4n) is 4.23. The van der Waals surface area contributed by atoms with E-state index in [1.807, 2.05) is 11.8 Å². The van der Waals surface area contributed by atoms with Gasteiger partial charge in [-0.2, -0.15) is 0 Å². The number of carbonyl (C=O) groups excluding carboxylic acids is 2. The molecule has 1 aromatic rings. The Hall–Kier alpha value is -2.15. The maximum absolute atomic E-state index is 13.0. The normalized spacial score (nSPS) is 25.5. The summed E-state index contributed by atoms with van der Waals surface area (Å²) < 4.78 is 13.0. The quantitative estimate of drug-likeness (QED) is 0.805. The van der Waals surface area contributed by atoms with E-state index in [9.17, 15) is 14.0 Å². The van der Waals surface area contributed by atoms with E-state index in [0.717, 1.165) is 44.5 Å². The molecule has 1 aliphatic heterocycles.